The molecule has 0 aliphatic heterocycles. The normalized spacial score (nSPS) is 10.3. The molecule has 1 aromatic heterocycles. The molecule has 0 bridgehead atoms. The van der Waals surface area contributed by atoms with Gasteiger partial charge in [0, 0.05) is 22.8 Å². The lowest BCUT2D eigenvalue weighted by Gasteiger charge is -2.11. The first-order valence-electron chi connectivity index (χ1n) is 6.50. The van der Waals surface area contributed by atoms with Crippen LogP contribution in [0.5, 0.6) is 0 Å². The molecule has 2 aromatic carbocycles. The molecule has 3 heteroatoms. The van der Waals surface area contributed by atoms with E-state index in [1.165, 1.54) is 7.11 Å². The number of methoxy groups -OCH3 is 1. The quantitative estimate of drug-likeness (QED) is 0.573. The van der Waals surface area contributed by atoms with Gasteiger partial charge in [-0.25, -0.2) is 4.79 Å². The van der Waals surface area contributed by atoms with E-state index in [-0.39, 0.29) is 0 Å². The Labute approximate surface area is 122 Å². The molecule has 0 fully saturated rings. The minimum atomic E-state index is -0.395. The van der Waals surface area contributed by atoms with Gasteiger partial charge in [0.05, 0.1) is 12.7 Å². The molecule has 0 aliphatic carbocycles. The summed E-state index contributed by atoms with van der Waals surface area (Å²) in [7, 11) is 1.36. The summed E-state index contributed by atoms with van der Waals surface area (Å²) in [6, 6.07) is 13.2. The summed E-state index contributed by atoms with van der Waals surface area (Å²) in [5, 5.41) is 1.11. The number of benzene rings is 2. The van der Waals surface area contributed by atoms with Crippen molar-refractivity contribution in [2.24, 2.45) is 0 Å². The molecule has 0 unspecified atom stereocenters. The van der Waals surface area contributed by atoms with E-state index in [1.807, 2.05) is 36.5 Å². The Morgan fingerprint density at radius 2 is 2.10 bits per heavy atom. The van der Waals surface area contributed by atoms with Crippen LogP contribution in [0.3, 0.4) is 0 Å². The number of hydrogen-bond acceptors (Lipinski definition) is 2. The molecular formula is C18H13NO2. The number of hydrogen-bond donors (Lipinski definition) is 1. The SMILES string of the molecule is C#Cc1cccc(C(=O)OC)c1-c1ccc2cc[nH]c2c1. The Balaban J connectivity index is 2.29. The number of carbonyl (C=O) groups is 1. The third-order valence-electron chi connectivity index (χ3n) is 3.47. The Hall–Kier alpha value is -2.99. The van der Waals surface area contributed by atoms with Gasteiger partial charge in [-0.1, -0.05) is 24.1 Å². The van der Waals surface area contributed by atoms with E-state index in [2.05, 4.69) is 10.9 Å². The van der Waals surface area contributed by atoms with Crippen LogP contribution in [0, 0.1) is 12.3 Å². The second-order valence-corrected chi connectivity index (χ2v) is 4.64. The van der Waals surface area contributed by atoms with Crippen LogP contribution in [0.2, 0.25) is 0 Å². The summed E-state index contributed by atoms with van der Waals surface area (Å²) in [6.45, 7) is 0. The lowest BCUT2D eigenvalue weighted by atomic mass is 9.94. The van der Waals surface area contributed by atoms with Gasteiger partial charge in [0.2, 0.25) is 0 Å². The Bertz CT molecular complexity index is 868. The van der Waals surface area contributed by atoms with Crippen molar-refractivity contribution in [3.63, 3.8) is 0 Å². The standard InChI is InChI=1S/C18H13NO2/c1-3-12-5-4-6-15(18(20)21-2)17(12)14-8-7-13-9-10-19-16(13)11-14/h1,4-11,19H,2H3. The predicted molar refractivity (Wildman–Crippen MR) is 83.0 cm³/mol. The zero-order valence-electron chi connectivity index (χ0n) is 11.5. The maximum atomic E-state index is 12.0. The number of rotatable bonds is 2. The number of H-pyrrole nitrogens is 1. The molecule has 102 valence electrons. The van der Waals surface area contributed by atoms with Gasteiger partial charge >= 0.3 is 5.97 Å². The fourth-order valence-corrected chi connectivity index (χ4v) is 2.47. The summed E-state index contributed by atoms with van der Waals surface area (Å²) >= 11 is 0. The molecule has 0 atom stereocenters. The second-order valence-electron chi connectivity index (χ2n) is 4.64. The minimum absolute atomic E-state index is 0.395. The number of aromatic nitrogens is 1. The van der Waals surface area contributed by atoms with Crippen molar-refractivity contribution in [3.05, 3.63) is 59.8 Å². The van der Waals surface area contributed by atoms with Gasteiger partial charge in [0.15, 0.2) is 0 Å². The first-order chi connectivity index (χ1) is 10.2. The van der Waals surface area contributed by atoms with Crippen LogP contribution < -0.4 is 0 Å². The lowest BCUT2D eigenvalue weighted by Crippen LogP contribution is -2.05. The number of ether oxygens (including phenoxy) is 1. The van der Waals surface area contributed by atoms with Crippen molar-refractivity contribution >= 4 is 16.9 Å². The van der Waals surface area contributed by atoms with Gasteiger partial charge in [0.25, 0.3) is 0 Å². The zero-order valence-corrected chi connectivity index (χ0v) is 11.5. The molecule has 21 heavy (non-hydrogen) atoms. The van der Waals surface area contributed by atoms with E-state index >= 15 is 0 Å². The number of aromatic amines is 1. The highest BCUT2D eigenvalue weighted by molar-refractivity contribution is 6.00. The molecule has 3 aromatic rings. The molecule has 0 radical (unpaired) electrons. The average Bonchev–Trinajstić information content (AvgIpc) is 3.00. The summed E-state index contributed by atoms with van der Waals surface area (Å²) in [4.78, 5) is 15.2. The predicted octanol–water partition coefficient (Wildman–Crippen LogP) is 3.60. The highest BCUT2D eigenvalue weighted by atomic mass is 16.5. The minimum Gasteiger partial charge on any atom is -0.465 e. The van der Waals surface area contributed by atoms with Crippen molar-refractivity contribution in [2.45, 2.75) is 0 Å². The maximum Gasteiger partial charge on any atom is 0.338 e. The third kappa shape index (κ3) is 2.17. The van der Waals surface area contributed by atoms with E-state index in [0.717, 1.165) is 22.0 Å². The van der Waals surface area contributed by atoms with Gasteiger partial charge in [0.1, 0.15) is 0 Å². The second kappa shape index (κ2) is 5.18. The molecule has 0 amide bonds. The molecule has 1 N–H and O–H groups in total. The van der Waals surface area contributed by atoms with Crippen molar-refractivity contribution < 1.29 is 9.53 Å². The van der Waals surface area contributed by atoms with Gasteiger partial charge in [-0.2, -0.15) is 0 Å². The molecule has 1 heterocycles. The molecule has 0 spiro atoms. The monoisotopic (exact) mass is 275 g/mol. The summed E-state index contributed by atoms with van der Waals surface area (Å²) in [6.07, 6.45) is 7.46. The first kappa shape index (κ1) is 13.0. The highest BCUT2D eigenvalue weighted by Crippen LogP contribution is 2.30. The van der Waals surface area contributed by atoms with Crippen molar-refractivity contribution in [3.8, 4) is 23.5 Å². The van der Waals surface area contributed by atoms with E-state index in [0.29, 0.717) is 11.1 Å². The van der Waals surface area contributed by atoms with Gasteiger partial charge in [-0.3, -0.25) is 0 Å². The van der Waals surface area contributed by atoms with Crippen LogP contribution in [0.4, 0.5) is 0 Å². The van der Waals surface area contributed by atoms with Gasteiger partial charge in [-0.15, -0.1) is 6.42 Å². The van der Waals surface area contributed by atoms with E-state index in [4.69, 9.17) is 11.2 Å². The van der Waals surface area contributed by atoms with Crippen molar-refractivity contribution in [1.82, 2.24) is 4.98 Å². The number of fused-ring (bicyclic) bond motifs is 1. The maximum absolute atomic E-state index is 12.0. The van der Waals surface area contributed by atoms with Crippen LogP contribution in [0.15, 0.2) is 48.7 Å². The Morgan fingerprint density at radius 1 is 1.24 bits per heavy atom. The van der Waals surface area contributed by atoms with Crippen molar-refractivity contribution in [1.29, 1.82) is 0 Å². The summed E-state index contributed by atoms with van der Waals surface area (Å²) in [5.74, 6) is 2.24. The van der Waals surface area contributed by atoms with E-state index < -0.39 is 5.97 Å². The Kier molecular flexibility index (Phi) is 3.21. The fraction of sp³-hybridized carbons (Fsp3) is 0.0556. The highest BCUT2D eigenvalue weighted by Gasteiger charge is 2.16. The van der Waals surface area contributed by atoms with Crippen LogP contribution in [-0.4, -0.2) is 18.1 Å². The number of terminal acetylenes is 1. The molecule has 0 aliphatic rings. The average molecular weight is 275 g/mol. The number of nitrogens with one attached hydrogen (secondary N) is 1. The Morgan fingerprint density at radius 3 is 2.86 bits per heavy atom. The molecule has 3 rings (SSSR count). The largest absolute Gasteiger partial charge is 0.465 e. The first-order valence-corrected chi connectivity index (χ1v) is 6.50. The lowest BCUT2D eigenvalue weighted by molar-refractivity contribution is 0.0601. The molecule has 0 saturated carbocycles. The van der Waals surface area contributed by atoms with Crippen LogP contribution in [0.1, 0.15) is 15.9 Å². The zero-order chi connectivity index (χ0) is 14.8. The number of carbonyl (C=O) groups excluding carboxylic acids is 1. The van der Waals surface area contributed by atoms with E-state index in [1.54, 1.807) is 12.1 Å². The number of esters is 1. The topological polar surface area (TPSA) is 42.1 Å². The molecular weight excluding hydrogens is 262 g/mol. The third-order valence-corrected chi connectivity index (χ3v) is 3.47. The fourth-order valence-electron chi connectivity index (χ4n) is 2.47. The van der Waals surface area contributed by atoms with Crippen LogP contribution >= 0.6 is 0 Å². The molecule has 3 nitrogen and oxygen atoms in total. The van der Waals surface area contributed by atoms with Gasteiger partial charge in [-0.05, 0) is 35.2 Å². The summed E-state index contributed by atoms with van der Waals surface area (Å²) < 4.78 is 4.86. The van der Waals surface area contributed by atoms with Crippen LogP contribution in [0.25, 0.3) is 22.0 Å². The summed E-state index contributed by atoms with van der Waals surface area (Å²) in [5.41, 5.74) is 3.75. The van der Waals surface area contributed by atoms with Gasteiger partial charge < -0.3 is 9.72 Å². The van der Waals surface area contributed by atoms with E-state index in [9.17, 15) is 4.79 Å². The van der Waals surface area contributed by atoms with Crippen LogP contribution in [-0.2, 0) is 4.74 Å². The molecule has 0 saturated heterocycles. The smallest absolute Gasteiger partial charge is 0.338 e. The van der Waals surface area contributed by atoms with Crippen molar-refractivity contribution in [2.75, 3.05) is 7.11 Å².